The summed E-state index contributed by atoms with van der Waals surface area (Å²) < 4.78 is 27.6. The molecule has 2 aliphatic rings. The molecular weight excluding hydrogens is 446 g/mol. The summed E-state index contributed by atoms with van der Waals surface area (Å²) in [4.78, 5) is 14.0. The molecule has 6 nitrogen and oxygen atoms in total. The molecule has 182 valence electrons. The number of carbonyl (C=O) groups is 1. The lowest BCUT2D eigenvalue weighted by Gasteiger charge is -2.16. The Morgan fingerprint density at radius 1 is 1.06 bits per heavy atom. The Kier molecular flexibility index (Phi) is 9.19. The van der Waals surface area contributed by atoms with Gasteiger partial charge in [-0.25, -0.2) is 8.42 Å². The predicted molar refractivity (Wildman–Crippen MR) is 140 cm³/mol. The molecular formula is C27H35N3O3S. The van der Waals surface area contributed by atoms with E-state index in [9.17, 15) is 8.42 Å². The molecule has 34 heavy (non-hydrogen) atoms. The number of nitrogens with zero attached hydrogens (tertiary/aromatic N) is 2. The summed E-state index contributed by atoms with van der Waals surface area (Å²) in [6, 6.07) is 13.6. The summed E-state index contributed by atoms with van der Waals surface area (Å²) in [5, 5.41) is 0. The van der Waals surface area contributed by atoms with Crippen LogP contribution in [0.3, 0.4) is 0 Å². The molecule has 1 fully saturated rings. The number of rotatable bonds is 7. The molecule has 0 aliphatic carbocycles. The van der Waals surface area contributed by atoms with Crippen LogP contribution >= 0.6 is 0 Å². The first-order valence-corrected chi connectivity index (χ1v) is 13.5. The van der Waals surface area contributed by atoms with Gasteiger partial charge in [0.25, 0.3) is 0 Å². The highest BCUT2D eigenvalue weighted by molar-refractivity contribution is 7.89. The number of primary amides is 1. The third kappa shape index (κ3) is 6.02. The van der Waals surface area contributed by atoms with Crippen LogP contribution in [0.1, 0.15) is 57.9 Å². The minimum Gasteiger partial charge on any atom is -0.372 e. The maximum absolute atomic E-state index is 13.0. The SMILES string of the molecule is CCCC1=Nc2cc(-c3cccc(S(=O)(=O)N4CCCC4)c3)ccc2C=CC1CCC.NC=O. The van der Waals surface area contributed by atoms with Gasteiger partial charge >= 0.3 is 0 Å². The van der Waals surface area contributed by atoms with Crippen molar-refractivity contribution in [2.75, 3.05) is 13.1 Å². The lowest BCUT2D eigenvalue weighted by Crippen LogP contribution is -2.27. The van der Waals surface area contributed by atoms with Gasteiger partial charge in [-0.2, -0.15) is 4.31 Å². The largest absolute Gasteiger partial charge is 0.372 e. The van der Waals surface area contributed by atoms with E-state index >= 15 is 0 Å². The minimum absolute atomic E-state index is 0.250. The number of sulfonamides is 1. The number of nitrogens with two attached hydrogens (primary N) is 1. The molecule has 2 aliphatic heterocycles. The fraction of sp³-hybridized carbons (Fsp3) is 0.407. The first-order chi connectivity index (χ1) is 16.4. The average Bonchev–Trinajstić information content (AvgIpc) is 3.33. The van der Waals surface area contributed by atoms with E-state index in [1.807, 2.05) is 12.1 Å². The maximum Gasteiger partial charge on any atom is 0.243 e. The highest BCUT2D eigenvalue weighted by Gasteiger charge is 2.27. The Hall–Kier alpha value is -2.77. The van der Waals surface area contributed by atoms with Crippen molar-refractivity contribution in [2.24, 2.45) is 16.6 Å². The molecule has 4 rings (SSSR count). The highest BCUT2D eigenvalue weighted by atomic mass is 32.2. The Morgan fingerprint density at radius 3 is 2.44 bits per heavy atom. The zero-order valence-corrected chi connectivity index (χ0v) is 20.9. The molecule has 2 aromatic carbocycles. The molecule has 0 saturated carbocycles. The number of amides is 1. The molecule has 1 unspecified atom stereocenters. The van der Waals surface area contributed by atoms with Crippen LogP contribution in [0.15, 0.2) is 58.4 Å². The molecule has 0 bridgehead atoms. The standard InChI is InChI=1S/C26H32N2O2S.CH3NO/c1-3-8-20-12-13-21-14-15-23(19-26(21)27-25(20)9-4-2)22-10-7-11-24(18-22)31(29,30)28-16-5-6-17-28;2-1-3/h7,10-15,18-20H,3-6,8-9,16-17H2,1-2H3;1H,(H2,2,3). The van der Waals surface area contributed by atoms with Crippen LogP contribution in [0.4, 0.5) is 5.69 Å². The Bertz CT molecular complexity index is 1150. The second-order valence-corrected chi connectivity index (χ2v) is 10.6. The second kappa shape index (κ2) is 12.1. The van der Waals surface area contributed by atoms with E-state index in [1.54, 1.807) is 16.4 Å². The van der Waals surface area contributed by atoms with Gasteiger partial charge in [-0.15, -0.1) is 0 Å². The first-order valence-electron chi connectivity index (χ1n) is 12.1. The fourth-order valence-corrected chi connectivity index (χ4v) is 6.08. The van der Waals surface area contributed by atoms with Gasteiger partial charge < -0.3 is 5.73 Å². The van der Waals surface area contributed by atoms with Crippen molar-refractivity contribution in [1.29, 1.82) is 0 Å². The average molecular weight is 482 g/mol. The zero-order chi connectivity index (χ0) is 24.6. The summed E-state index contributed by atoms with van der Waals surface area (Å²) in [5.41, 5.74) is 9.43. The van der Waals surface area contributed by atoms with E-state index in [0.717, 1.165) is 60.9 Å². The lowest BCUT2D eigenvalue weighted by atomic mass is 9.94. The molecule has 2 heterocycles. The van der Waals surface area contributed by atoms with Crippen molar-refractivity contribution in [1.82, 2.24) is 4.31 Å². The number of aliphatic imine (C=N–C) groups is 1. The Labute approximate surface area is 203 Å². The van der Waals surface area contributed by atoms with Gasteiger partial charge in [0.2, 0.25) is 16.4 Å². The minimum atomic E-state index is -3.43. The van der Waals surface area contributed by atoms with Gasteiger partial charge in [0.1, 0.15) is 0 Å². The van der Waals surface area contributed by atoms with Crippen molar-refractivity contribution >= 4 is 33.9 Å². The molecule has 1 amide bonds. The molecule has 7 heteroatoms. The molecule has 1 saturated heterocycles. The smallest absolute Gasteiger partial charge is 0.243 e. The number of carbonyl (C=O) groups excluding carboxylic acids is 1. The fourth-order valence-electron chi connectivity index (χ4n) is 4.51. The third-order valence-corrected chi connectivity index (χ3v) is 8.10. The molecule has 0 aromatic heterocycles. The maximum atomic E-state index is 13.0. The number of hydrogen-bond acceptors (Lipinski definition) is 4. The summed E-state index contributed by atoms with van der Waals surface area (Å²) in [5.74, 6) is 0.398. The number of fused-ring (bicyclic) bond motifs is 1. The highest BCUT2D eigenvalue weighted by Crippen LogP contribution is 2.34. The Balaban J connectivity index is 0.00000103. The van der Waals surface area contributed by atoms with Crippen LogP contribution in [0.25, 0.3) is 17.2 Å². The van der Waals surface area contributed by atoms with Gasteiger partial charge in [0.15, 0.2) is 0 Å². The van der Waals surface area contributed by atoms with Crippen LogP contribution in [-0.4, -0.2) is 37.9 Å². The van der Waals surface area contributed by atoms with Crippen molar-refractivity contribution in [3.8, 4) is 11.1 Å². The quantitative estimate of drug-likeness (QED) is 0.525. The molecule has 2 N–H and O–H groups in total. The topological polar surface area (TPSA) is 92.8 Å². The second-order valence-electron chi connectivity index (χ2n) is 8.66. The van der Waals surface area contributed by atoms with Gasteiger partial charge in [-0.05, 0) is 60.6 Å². The van der Waals surface area contributed by atoms with Crippen molar-refractivity contribution < 1.29 is 13.2 Å². The number of benzene rings is 2. The summed E-state index contributed by atoms with van der Waals surface area (Å²) in [6.07, 6.45) is 11.0. The van der Waals surface area contributed by atoms with Gasteiger partial charge in [-0.1, -0.05) is 63.1 Å². The van der Waals surface area contributed by atoms with Crippen LogP contribution in [0.2, 0.25) is 0 Å². The number of allylic oxidation sites excluding steroid dienone is 1. The first kappa shape index (κ1) is 25.8. The van der Waals surface area contributed by atoms with Gasteiger partial charge in [-0.3, -0.25) is 9.79 Å². The Morgan fingerprint density at radius 2 is 1.76 bits per heavy atom. The monoisotopic (exact) mass is 481 g/mol. The molecule has 1 atom stereocenters. The third-order valence-electron chi connectivity index (χ3n) is 6.21. The van der Waals surface area contributed by atoms with E-state index in [1.165, 1.54) is 5.71 Å². The predicted octanol–water partition coefficient (Wildman–Crippen LogP) is 5.56. The molecule has 0 radical (unpaired) electrons. The van der Waals surface area contributed by atoms with E-state index in [4.69, 9.17) is 9.79 Å². The molecule has 0 spiro atoms. The molecule has 2 aromatic rings. The van der Waals surface area contributed by atoms with E-state index in [2.05, 4.69) is 49.9 Å². The summed E-state index contributed by atoms with van der Waals surface area (Å²) >= 11 is 0. The van der Waals surface area contributed by atoms with E-state index in [-0.39, 0.29) is 6.41 Å². The summed E-state index contributed by atoms with van der Waals surface area (Å²) in [6.45, 7) is 5.65. The van der Waals surface area contributed by atoms with Crippen LogP contribution < -0.4 is 5.73 Å². The van der Waals surface area contributed by atoms with Gasteiger partial charge in [0.05, 0.1) is 10.6 Å². The summed E-state index contributed by atoms with van der Waals surface area (Å²) in [7, 11) is -3.43. The van der Waals surface area contributed by atoms with Gasteiger partial charge in [0, 0.05) is 24.7 Å². The van der Waals surface area contributed by atoms with Crippen molar-refractivity contribution in [3.63, 3.8) is 0 Å². The zero-order valence-electron chi connectivity index (χ0n) is 20.1. The van der Waals surface area contributed by atoms with Crippen molar-refractivity contribution in [3.05, 3.63) is 54.1 Å². The van der Waals surface area contributed by atoms with Crippen LogP contribution in [-0.2, 0) is 14.8 Å². The normalized spacial score (nSPS) is 17.8. The van der Waals surface area contributed by atoms with Crippen molar-refractivity contribution in [2.45, 2.75) is 57.3 Å². The number of hydrogen-bond donors (Lipinski definition) is 1. The lowest BCUT2D eigenvalue weighted by molar-refractivity contribution is -0.106. The van der Waals surface area contributed by atoms with Crippen LogP contribution in [0, 0.1) is 5.92 Å². The van der Waals surface area contributed by atoms with E-state index in [0.29, 0.717) is 23.9 Å². The van der Waals surface area contributed by atoms with Crippen LogP contribution in [0.5, 0.6) is 0 Å². The van der Waals surface area contributed by atoms with E-state index < -0.39 is 10.0 Å².